The van der Waals surface area contributed by atoms with Crippen LogP contribution in [0.4, 0.5) is 0 Å². The fourth-order valence-corrected chi connectivity index (χ4v) is 3.28. The Morgan fingerprint density at radius 2 is 1.80 bits per heavy atom. The molecule has 1 aromatic rings. The molecular weight excluding hydrogens is 216 g/mol. The van der Waals surface area contributed by atoms with Gasteiger partial charge < -0.3 is 4.52 Å². The average Bonchev–Trinajstić information content (AvgIpc) is 2.48. The molecule has 1 aromatic heterocycles. The maximum atomic E-state index is 12.1. The maximum absolute atomic E-state index is 12.1. The standard InChI is InChI=1S/C9H16N2O3S/c1-5-11(6-2)15(12,13)9-7(3)10-14-8(9)4/h5-6H2,1-4H3. The number of aryl methyl sites for hydroxylation is 2. The number of hydrogen-bond acceptors (Lipinski definition) is 4. The largest absolute Gasteiger partial charge is 0.360 e. The molecular formula is C9H16N2O3S. The van der Waals surface area contributed by atoms with Gasteiger partial charge in [0, 0.05) is 13.1 Å². The van der Waals surface area contributed by atoms with Crippen LogP contribution in [0.1, 0.15) is 25.3 Å². The van der Waals surface area contributed by atoms with E-state index < -0.39 is 10.0 Å². The van der Waals surface area contributed by atoms with Crippen molar-refractivity contribution in [1.82, 2.24) is 9.46 Å². The smallest absolute Gasteiger partial charge is 0.248 e. The Morgan fingerprint density at radius 1 is 1.27 bits per heavy atom. The van der Waals surface area contributed by atoms with E-state index >= 15 is 0 Å². The first-order valence-corrected chi connectivity index (χ1v) is 6.32. The van der Waals surface area contributed by atoms with Crippen LogP contribution in [0.3, 0.4) is 0 Å². The lowest BCUT2D eigenvalue weighted by Crippen LogP contribution is -2.31. The third-order valence-corrected chi connectivity index (χ3v) is 4.57. The molecule has 0 atom stereocenters. The molecule has 0 spiro atoms. The Labute approximate surface area is 90.1 Å². The van der Waals surface area contributed by atoms with Crippen LogP contribution in [-0.2, 0) is 10.0 Å². The highest BCUT2D eigenvalue weighted by molar-refractivity contribution is 7.89. The van der Waals surface area contributed by atoms with E-state index in [-0.39, 0.29) is 4.90 Å². The lowest BCUT2D eigenvalue weighted by atomic mass is 10.4. The van der Waals surface area contributed by atoms with E-state index in [2.05, 4.69) is 5.16 Å². The lowest BCUT2D eigenvalue weighted by Gasteiger charge is -2.17. The SMILES string of the molecule is CCN(CC)S(=O)(=O)c1c(C)noc1C. The highest BCUT2D eigenvalue weighted by Crippen LogP contribution is 2.22. The zero-order chi connectivity index (χ0) is 11.6. The summed E-state index contributed by atoms with van der Waals surface area (Å²) < 4.78 is 30.5. The summed E-state index contributed by atoms with van der Waals surface area (Å²) in [5.41, 5.74) is 0.416. The van der Waals surface area contributed by atoms with E-state index in [0.29, 0.717) is 24.5 Å². The molecule has 1 heterocycles. The Bertz CT molecular complexity index is 413. The predicted molar refractivity (Wildman–Crippen MR) is 56.1 cm³/mol. The molecule has 0 amide bonds. The van der Waals surface area contributed by atoms with E-state index in [1.165, 1.54) is 4.31 Å². The van der Waals surface area contributed by atoms with E-state index in [0.717, 1.165) is 0 Å². The fourth-order valence-electron chi connectivity index (χ4n) is 1.54. The van der Waals surface area contributed by atoms with Crippen molar-refractivity contribution >= 4 is 10.0 Å². The topological polar surface area (TPSA) is 63.4 Å². The van der Waals surface area contributed by atoms with Crippen LogP contribution >= 0.6 is 0 Å². The maximum Gasteiger partial charge on any atom is 0.248 e. The van der Waals surface area contributed by atoms with Gasteiger partial charge in [0.1, 0.15) is 10.6 Å². The number of hydrogen-bond donors (Lipinski definition) is 0. The minimum Gasteiger partial charge on any atom is -0.360 e. The van der Waals surface area contributed by atoms with E-state index in [4.69, 9.17) is 4.52 Å². The summed E-state index contributed by atoms with van der Waals surface area (Å²) >= 11 is 0. The minimum absolute atomic E-state index is 0.200. The van der Waals surface area contributed by atoms with Gasteiger partial charge in [-0.2, -0.15) is 4.31 Å². The average molecular weight is 232 g/mol. The number of aromatic nitrogens is 1. The second-order valence-corrected chi connectivity index (χ2v) is 5.12. The molecule has 0 bridgehead atoms. The van der Waals surface area contributed by atoms with Crippen LogP contribution in [-0.4, -0.2) is 31.0 Å². The van der Waals surface area contributed by atoms with Crippen molar-refractivity contribution in [2.24, 2.45) is 0 Å². The van der Waals surface area contributed by atoms with E-state index in [1.54, 1.807) is 27.7 Å². The first kappa shape index (κ1) is 12.2. The van der Waals surface area contributed by atoms with Crippen molar-refractivity contribution in [1.29, 1.82) is 0 Å². The molecule has 0 radical (unpaired) electrons. The Hall–Kier alpha value is -0.880. The molecule has 0 aliphatic rings. The van der Waals surface area contributed by atoms with Crippen LogP contribution in [0.2, 0.25) is 0 Å². The molecule has 0 unspecified atom stereocenters. The van der Waals surface area contributed by atoms with Gasteiger partial charge in [-0.25, -0.2) is 8.42 Å². The molecule has 0 fully saturated rings. The Balaban J connectivity index is 3.28. The summed E-state index contributed by atoms with van der Waals surface area (Å²) in [6.07, 6.45) is 0. The van der Waals surface area contributed by atoms with Crippen LogP contribution < -0.4 is 0 Å². The van der Waals surface area contributed by atoms with Gasteiger partial charge >= 0.3 is 0 Å². The van der Waals surface area contributed by atoms with Crippen molar-refractivity contribution in [3.05, 3.63) is 11.5 Å². The summed E-state index contributed by atoms with van der Waals surface area (Å²) in [4.78, 5) is 0.200. The number of nitrogens with zero attached hydrogens (tertiary/aromatic N) is 2. The van der Waals surface area contributed by atoms with Crippen LogP contribution in [0.5, 0.6) is 0 Å². The molecule has 0 N–H and O–H groups in total. The van der Waals surface area contributed by atoms with Gasteiger partial charge in [-0.1, -0.05) is 19.0 Å². The van der Waals surface area contributed by atoms with Crippen molar-refractivity contribution in [2.45, 2.75) is 32.6 Å². The zero-order valence-electron chi connectivity index (χ0n) is 9.44. The summed E-state index contributed by atoms with van der Waals surface area (Å²) in [7, 11) is -3.44. The molecule has 15 heavy (non-hydrogen) atoms. The van der Waals surface area contributed by atoms with Gasteiger partial charge in [0.15, 0.2) is 5.76 Å². The van der Waals surface area contributed by atoms with E-state index in [1.807, 2.05) is 0 Å². The molecule has 0 aliphatic carbocycles. The van der Waals surface area contributed by atoms with Crippen molar-refractivity contribution in [3.63, 3.8) is 0 Å². The van der Waals surface area contributed by atoms with Gasteiger partial charge in [-0.15, -0.1) is 0 Å². The molecule has 86 valence electrons. The highest BCUT2D eigenvalue weighted by Gasteiger charge is 2.28. The summed E-state index contributed by atoms with van der Waals surface area (Å²) in [6, 6.07) is 0. The van der Waals surface area contributed by atoms with Gasteiger partial charge in [-0.05, 0) is 13.8 Å². The normalized spacial score (nSPS) is 12.3. The van der Waals surface area contributed by atoms with Gasteiger partial charge in [-0.3, -0.25) is 0 Å². The molecule has 6 heteroatoms. The molecule has 0 aliphatic heterocycles. The third-order valence-electron chi connectivity index (χ3n) is 2.27. The Kier molecular flexibility index (Phi) is 3.51. The van der Waals surface area contributed by atoms with Gasteiger partial charge in [0.05, 0.1) is 0 Å². The summed E-state index contributed by atoms with van der Waals surface area (Å²) in [6.45, 7) is 7.74. The second kappa shape index (κ2) is 4.32. The van der Waals surface area contributed by atoms with Gasteiger partial charge in [0.25, 0.3) is 0 Å². The van der Waals surface area contributed by atoms with E-state index in [9.17, 15) is 8.42 Å². The molecule has 0 saturated heterocycles. The van der Waals surface area contributed by atoms with Gasteiger partial charge in [0.2, 0.25) is 10.0 Å². The molecule has 0 saturated carbocycles. The quantitative estimate of drug-likeness (QED) is 0.785. The highest BCUT2D eigenvalue weighted by atomic mass is 32.2. The molecule has 0 aromatic carbocycles. The number of rotatable bonds is 4. The van der Waals surface area contributed by atoms with Crippen molar-refractivity contribution in [2.75, 3.05) is 13.1 Å². The predicted octanol–water partition coefficient (Wildman–Crippen LogP) is 1.32. The molecule has 1 rings (SSSR count). The zero-order valence-corrected chi connectivity index (χ0v) is 10.3. The lowest BCUT2D eigenvalue weighted by molar-refractivity contribution is 0.389. The number of sulfonamides is 1. The third kappa shape index (κ3) is 2.05. The monoisotopic (exact) mass is 232 g/mol. The van der Waals surface area contributed by atoms with Crippen LogP contribution in [0.15, 0.2) is 9.42 Å². The van der Waals surface area contributed by atoms with Crippen molar-refractivity contribution < 1.29 is 12.9 Å². The fraction of sp³-hybridized carbons (Fsp3) is 0.667. The Morgan fingerprint density at radius 3 is 2.13 bits per heavy atom. The summed E-state index contributed by atoms with van der Waals surface area (Å²) in [5, 5.41) is 3.65. The first-order valence-electron chi connectivity index (χ1n) is 4.88. The second-order valence-electron chi connectivity index (χ2n) is 3.24. The van der Waals surface area contributed by atoms with Crippen molar-refractivity contribution in [3.8, 4) is 0 Å². The first-order chi connectivity index (χ1) is 6.95. The molecule has 5 nitrogen and oxygen atoms in total. The minimum atomic E-state index is -3.44. The van der Waals surface area contributed by atoms with Crippen LogP contribution in [0, 0.1) is 13.8 Å². The summed E-state index contributed by atoms with van der Waals surface area (Å²) in [5.74, 6) is 0.347. The van der Waals surface area contributed by atoms with Crippen LogP contribution in [0.25, 0.3) is 0 Å².